The van der Waals surface area contributed by atoms with Gasteiger partial charge in [-0.25, -0.2) is 18.7 Å². The molecule has 0 atom stereocenters. The number of aromatic nitrogens is 2. The molecule has 4 aromatic carbocycles. The van der Waals surface area contributed by atoms with E-state index in [0.717, 1.165) is 56.3 Å². The maximum Gasteiger partial charge on any atom is 0.258 e. The van der Waals surface area contributed by atoms with Gasteiger partial charge in [0.2, 0.25) is 0 Å². The molecule has 6 nitrogen and oxygen atoms in total. The summed E-state index contributed by atoms with van der Waals surface area (Å²) >= 11 is 3.36. The molecule has 0 saturated carbocycles. The molecule has 3 radical (unpaired) electrons. The van der Waals surface area contributed by atoms with Gasteiger partial charge in [0.05, 0.1) is 27.0 Å². The first-order valence-corrected chi connectivity index (χ1v) is 18.0. The van der Waals surface area contributed by atoms with Gasteiger partial charge in [0.15, 0.2) is 0 Å². The zero-order valence-corrected chi connectivity index (χ0v) is 30.8. The summed E-state index contributed by atoms with van der Waals surface area (Å²) in [5, 5.41) is 8.04. The summed E-state index contributed by atoms with van der Waals surface area (Å²) in [6.45, 7) is 10.6. The first-order valence-electron chi connectivity index (χ1n) is 16.4. The molecule has 0 unspecified atom stereocenters. The number of thiazole rings is 2. The number of halogens is 2. The Morgan fingerprint density at radius 3 is 1.63 bits per heavy atom. The monoisotopic (exact) mass is 721 g/mol. The number of carbonyl (C=O) groups excluding carboxylic acids is 1. The van der Waals surface area contributed by atoms with Crippen molar-refractivity contribution in [2.45, 2.75) is 47.1 Å². The zero-order chi connectivity index (χ0) is 35.5. The SMILES string of the molecule is C1CCOC1.Cc1nc(-c2ccc(NC(=O)c3ccccc3F)cc2)c(C)s1.Cc1nc(-c2ccc(NCc3ccccc3F)cc2)c(C)s1.[B]. The molecule has 51 heavy (non-hydrogen) atoms. The number of amides is 1. The van der Waals surface area contributed by atoms with Crippen LogP contribution in [0.4, 0.5) is 20.2 Å². The van der Waals surface area contributed by atoms with Gasteiger partial charge >= 0.3 is 0 Å². The minimum absolute atomic E-state index is 0. The molecule has 3 heterocycles. The summed E-state index contributed by atoms with van der Waals surface area (Å²) in [4.78, 5) is 23.5. The Labute approximate surface area is 308 Å². The number of rotatable bonds is 7. The molecule has 6 aromatic rings. The van der Waals surface area contributed by atoms with Gasteiger partial charge in [-0.3, -0.25) is 4.79 Å². The zero-order valence-electron chi connectivity index (χ0n) is 29.1. The van der Waals surface area contributed by atoms with Crippen molar-refractivity contribution in [3.05, 3.63) is 140 Å². The van der Waals surface area contributed by atoms with Crippen LogP contribution in [0, 0.1) is 39.3 Å². The van der Waals surface area contributed by atoms with Gasteiger partial charge in [-0.2, -0.15) is 0 Å². The fraction of sp³-hybridized carbons (Fsp3) is 0.225. The lowest BCUT2D eigenvalue weighted by atomic mass is 10.1. The molecular weight excluding hydrogens is 681 g/mol. The summed E-state index contributed by atoms with van der Waals surface area (Å²) in [7, 11) is 0. The molecule has 0 spiro atoms. The maximum absolute atomic E-state index is 13.6. The molecule has 2 N–H and O–H groups in total. The molecule has 7 rings (SSSR count). The number of nitrogens with one attached hydrogen (secondary N) is 2. The largest absolute Gasteiger partial charge is 0.381 e. The predicted octanol–water partition coefficient (Wildman–Crippen LogP) is 10.4. The second kappa shape index (κ2) is 19.1. The van der Waals surface area contributed by atoms with E-state index in [2.05, 4.69) is 27.5 Å². The highest BCUT2D eigenvalue weighted by molar-refractivity contribution is 7.12. The number of hydrogen-bond donors (Lipinski definition) is 2. The lowest BCUT2D eigenvalue weighted by Gasteiger charge is -2.08. The van der Waals surface area contributed by atoms with E-state index in [1.165, 1.54) is 35.9 Å². The third kappa shape index (κ3) is 11.1. The van der Waals surface area contributed by atoms with E-state index >= 15 is 0 Å². The Morgan fingerprint density at radius 1 is 0.686 bits per heavy atom. The highest BCUT2D eigenvalue weighted by atomic mass is 32.1. The average molecular weight is 722 g/mol. The van der Waals surface area contributed by atoms with Crippen LogP contribution in [0.1, 0.15) is 48.5 Å². The first-order chi connectivity index (χ1) is 24.2. The summed E-state index contributed by atoms with van der Waals surface area (Å²) in [6.07, 6.45) is 2.56. The quantitative estimate of drug-likeness (QED) is 0.161. The van der Waals surface area contributed by atoms with Crippen molar-refractivity contribution in [2.75, 3.05) is 23.8 Å². The van der Waals surface area contributed by atoms with Crippen LogP contribution in [0.5, 0.6) is 0 Å². The van der Waals surface area contributed by atoms with Gasteiger partial charge in [0, 0.05) is 66.0 Å². The second-order valence-corrected chi connectivity index (χ2v) is 14.4. The van der Waals surface area contributed by atoms with Gasteiger partial charge < -0.3 is 15.4 Å². The molecule has 1 amide bonds. The van der Waals surface area contributed by atoms with Crippen LogP contribution in [0.25, 0.3) is 22.5 Å². The first kappa shape index (κ1) is 39.1. The molecule has 11 heteroatoms. The van der Waals surface area contributed by atoms with Crippen LogP contribution >= 0.6 is 22.7 Å². The van der Waals surface area contributed by atoms with Crippen molar-refractivity contribution in [1.29, 1.82) is 0 Å². The maximum atomic E-state index is 13.6. The van der Waals surface area contributed by atoms with Gasteiger partial charge in [0.1, 0.15) is 11.6 Å². The minimum Gasteiger partial charge on any atom is -0.381 e. The molecule has 261 valence electrons. The van der Waals surface area contributed by atoms with Crippen LogP contribution in [-0.2, 0) is 11.3 Å². The van der Waals surface area contributed by atoms with Gasteiger partial charge in [-0.1, -0.05) is 54.6 Å². The predicted molar refractivity (Wildman–Crippen MR) is 208 cm³/mol. The van der Waals surface area contributed by atoms with Crippen molar-refractivity contribution in [3.63, 3.8) is 0 Å². The van der Waals surface area contributed by atoms with E-state index in [9.17, 15) is 13.6 Å². The Hall–Kier alpha value is -4.71. The van der Waals surface area contributed by atoms with E-state index in [0.29, 0.717) is 17.8 Å². The average Bonchev–Trinajstić information content (AvgIpc) is 3.88. The van der Waals surface area contributed by atoms with Crippen molar-refractivity contribution >= 4 is 48.4 Å². The molecule has 0 bridgehead atoms. The van der Waals surface area contributed by atoms with Crippen LogP contribution in [0.2, 0.25) is 0 Å². The number of benzene rings is 4. The smallest absolute Gasteiger partial charge is 0.258 e. The Bertz CT molecular complexity index is 2000. The summed E-state index contributed by atoms with van der Waals surface area (Å²) in [5.74, 6) is -1.17. The molecule has 2 aromatic heterocycles. The highest BCUT2D eigenvalue weighted by Crippen LogP contribution is 2.29. The highest BCUT2D eigenvalue weighted by Gasteiger charge is 2.12. The van der Waals surface area contributed by atoms with E-state index in [4.69, 9.17) is 4.74 Å². The second-order valence-electron chi connectivity index (χ2n) is 11.6. The normalized spacial score (nSPS) is 11.7. The van der Waals surface area contributed by atoms with E-state index in [1.54, 1.807) is 59.1 Å². The fourth-order valence-corrected chi connectivity index (χ4v) is 6.92. The van der Waals surface area contributed by atoms with Crippen molar-refractivity contribution < 1.29 is 18.3 Å². The molecule has 0 aliphatic carbocycles. The van der Waals surface area contributed by atoms with E-state index < -0.39 is 11.7 Å². The van der Waals surface area contributed by atoms with Crippen LogP contribution < -0.4 is 10.6 Å². The number of nitrogens with zero attached hydrogens (tertiary/aromatic N) is 2. The van der Waals surface area contributed by atoms with Crippen molar-refractivity contribution in [1.82, 2.24) is 9.97 Å². The Kier molecular flexibility index (Phi) is 14.6. The number of carbonyl (C=O) groups is 1. The summed E-state index contributed by atoms with van der Waals surface area (Å²) in [5.41, 5.74) is 6.39. The molecule has 1 fully saturated rings. The number of aryl methyl sites for hydroxylation is 4. The molecule has 1 saturated heterocycles. The van der Waals surface area contributed by atoms with E-state index in [1.807, 2.05) is 63.2 Å². The molecule has 1 aliphatic rings. The molecule has 1 aliphatic heterocycles. The van der Waals surface area contributed by atoms with Gasteiger partial charge in [-0.05, 0) is 83.0 Å². The lowest BCUT2D eigenvalue weighted by Crippen LogP contribution is -2.13. The summed E-state index contributed by atoms with van der Waals surface area (Å²) < 4.78 is 32.1. The lowest BCUT2D eigenvalue weighted by molar-refractivity contribution is 0.102. The van der Waals surface area contributed by atoms with Crippen LogP contribution in [0.3, 0.4) is 0 Å². The van der Waals surface area contributed by atoms with E-state index in [-0.39, 0.29) is 19.8 Å². The Morgan fingerprint density at radius 2 is 1.18 bits per heavy atom. The van der Waals surface area contributed by atoms with Crippen LogP contribution in [-0.4, -0.2) is 37.5 Å². The summed E-state index contributed by atoms with van der Waals surface area (Å²) in [6, 6.07) is 28.2. The minimum atomic E-state index is -0.532. The Balaban J connectivity index is 0.000000198. The topological polar surface area (TPSA) is 76.1 Å². The van der Waals surface area contributed by atoms with Gasteiger partial charge in [-0.15, -0.1) is 22.7 Å². The third-order valence-electron chi connectivity index (χ3n) is 7.77. The molecular formula is C40H40BF2N4O2S2. The fourth-order valence-electron chi connectivity index (χ4n) is 5.24. The van der Waals surface area contributed by atoms with Crippen molar-refractivity contribution in [2.24, 2.45) is 0 Å². The number of hydrogen-bond acceptors (Lipinski definition) is 7. The standard InChI is InChI=1S/C18H15FN2OS.C18H17FN2S.C4H8O.B/c1-11-17(20-12(2)23-11)13-7-9-14(10-8-13)21-18(22)15-5-3-4-6-16(15)19;1-12-18(21-13(2)22-12)14-7-9-16(10-8-14)20-11-15-5-3-4-6-17(15)19;1-2-4-5-3-1;/h3-10H,1-2H3,(H,21,22);3-10,20H,11H2,1-2H3;1-4H2;. The van der Waals surface area contributed by atoms with Crippen molar-refractivity contribution in [3.8, 4) is 22.5 Å². The van der Waals surface area contributed by atoms with Crippen LogP contribution in [0.15, 0.2) is 97.1 Å². The number of ether oxygens (including phenoxy) is 1. The third-order valence-corrected chi connectivity index (χ3v) is 9.54. The number of anilines is 2. The van der Waals surface area contributed by atoms with Gasteiger partial charge in [0.25, 0.3) is 5.91 Å².